The van der Waals surface area contributed by atoms with Gasteiger partial charge in [-0.3, -0.25) is 0 Å². The summed E-state index contributed by atoms with van der Waals surface area (Å²) in [6.07, 6.45) is 22.8. The molecule has 0 bridgehead atoms. The predicted octanol–water partition coefficient (Wildman–Crippen LogP) is 6.98. The van der Waals surface area contributed by atoms with Crippen LogP contribution in [0.5, 0.6) is 0 Å². The Bertz CT molecular complexity index is 463. The number of nitriles is 1. The fourth-order valence-electron chi connectivity index (χ4n) is 4.65. The Morgan fingerprint density at radius 1 is 1.00 bits per heavy atom. The van der Waals surface area contributed by atoms with Gasteiger partial charge in [-0.05, 0) is 75.0 Å². The van der Waals surface area contributed by atoms with Gasteiger partial charge in [0.25, 0.3) is 0 Å². The van der Waals surface area contributed by atoms with E-state index in [9.17, 15) is 0 Å². The SMILES string of the molecule is C=C(C1CCC(/C=C/C=C/C#N)CC1)C1CCC(CCCC)CC1. The Kier molecular flexibility index (Phi) is 8.37. The highest BCUT2D eigenvalue weighted by Crippen LogP contribution is 2.42. The standard InChI is InChI=1S/C23H35N/c1-3-4-8-20-10-14-22(15-11-20)19(2)23-16-12-21(13-17-23)9-6-5-7-18-24/h5-7,9,20-23H,2-4,8,10-17H2,1H3/b7-5+,9-6+. The molecule has 132 valence electrons. The van der Waals surface area contributed by atoms with Crippen LogP contribution in [0, 0.1) is 35.0 Å². The summed E-state index contributed by atoms with van der Waals surface area (Å²) in [7, 11) is 0. The second-order valence-electron chi connectivity index (χ2n) is 7.92. The number of allylic oxidation sites excluding steroid dienone is 5. The zero-order chi connectivity index (χ0) is 17.2. The monoisotopic (exact) mass is 325 g/mol. The van der Waals surface area contributed by atoms with Gasteiger partial charge in [0.15, 0.2) is 0 Å². The van der Waals surface area contributed by atoms with Crippen molar-refractivity contribution in [3.05, 3.63) is 36.5 Å². The first kappa shape index (κ1) is 19.0. The highest BCUT2D eigenvalue weighted by Gasteiger charge is 2.28. The average molecular weight is 326 g/mol. The molecule has 0 N–H and O–H groups in total. The van der Waals surface area contributed by atoms with E-state index < -0.39 is 0 Å². The summed E-state index contributed by atoms with van der Waals surface area (Å²) in [6, 6.07) is 2.03. The van der Waals surface area contributed by atoms with Crippen LogP contribution in [-0.2, 0) is 0 Å². The predicted molar refractivity (Wildman–Crippen MR) is 103 cm³/mol. The van der Waals surface area contributed by atoms with Gasteiger partial charge in [0.05, 0.1) is 6.07 Å². The van der Waals surface area contributed by atoms with Crippen molar-refractivity contribution in [2.24, 2.45) is 23.7 Å². The molecule has 2 rings (SSSR count). The summed E-state index contributed by atoms with van der Waals surface area (Å²) in [6.45, 7) is 6.84. The van der Waals surface area contributed by atoms with Gasteiger partial charge in [0.1, 0.15) is 0 Å². The van der Waals surface area contributed by atoms with Gasteiger partial charge in [-0.2, -0.15) is 5.26 Å². The van der Waals surface area contributed by atoms with Gasteiger partial charge < -0.3 is 0 Å². The molecule has 0 amide bonds. The van der Waals surface area contributed by atoms with E-state index in [2.05, 4.69) is 19.6 Å². The quantitative estimate of drug-likeness (QED) is 0.281. The molecule has 0 radical (unpaired) electrons. The maximum Gasteiger partial charge on any atom is 0.0912 e. The summed E-state index contributed by atoms with van der Waals surface area (Å²) < 4.78 is 0. The molecule has 2 saturated carbocycles. The Labute approximate surface area is 149 Å². The lowest BCUT2D eigenvalue weighted by Crippen LogP contribution is -2.22. The number of rotatable bonds is 7. The van der Waals surface area contributed by atoms with Crippen LogP contribution in [0.25, 0.3) is 0 Å². The first-order chi connectivity index (χ1) is 11.7. The highest BCUT2D eigenvalue weighted by molar-refractivity contribution is 5.13. The molecule has 0 aromatic carbocycles. The molecule has 1 nitrogen and oxygen atoms in total. The van der Waals surface area contributed by atoms with E-state index in [-0.39, 0.29) is 0 Å². The molecule has 2 fully saturated rings. The van der Waals surface area contributed by atoms with Crippen LogP contribution >= 0.6 is 0 Å². The number of nitrogens with zero attached hydrogens (tertiary/aromatic N) is 1. The number of hydrogen-bond donors (Lipinski definition) is 0. The van der Waals surface area contributed by atoms with Crippen molar-refractivity contribution in [1.82, 2.24) is 0 Å². The number of hydrogen-bond acceptors (Lipinski definition) is 1. The fourth-order valence-corrected chi connectivity index (χ4v) is 4.65. The molecule has 2 aliphatic rings. The second kappa shape index (κ2) is 10.5. The molecule has 2 aliphatic carbocycles. The van der Waals surface area contributed by atoms with E-state index in [1.807, 2.05) is 18.2 Å². The Hall–Kier alpha value is -1.29. The van der Waals surface area contributed by atoms with Gasteiger partial charge in [-0.15, -0.1) is 0 Å². The van der Waals surface area contributed by atoms with E-state index in [1.165, 1.54) is 70.6 Å². The molecular formula is C23H35N. The zero-order valence-corrected chi connectivity index (χ0v) is 15.6. The Balaban J connectivity index is 1.70. The number of unbranched alkanes of at least 4 members (excludes halogenated alkanes) is 1. The molecule has 0 aromatic rings. The molecule has 24 heavy (non-hydrogen) atoms. The minimum atomic E-state index is 0.696. The molecule has 0 spiro atoms. The third-order valence-corrected chi connectivity index (χ3v) is 6.30. The van der Waals surface area contributed by atoms with E-state index in [0.717, 1.165) is 17.8 Å². The van der Waals surface area contributed by atoms with Crippen molar-refractivity contribution in [1.29, 1.82) is 5.26 Å². The third-order valence-electron chi connectivity index (χ3n) is 6.30. The molecule has 0 unspecified atom stereocenters. The lowest BCUT2D eigenvalue weighted by Gasteiger charge is -2.35. The minimum Gasteiger partial charge on any atom is -0.193 e. The second-order valence-corrected chi connectivity index (χ2v) is 7.92. The summed E-state index contributed by atoms with van der Waals surface area (Å²) >= 11 is 0. The first-order valence-electron chi connectivity index (χ1n) is 10.2. The highest BCUT2D eigenvalue weighted by atomic mass is 14.3. The molecule has 1 heteroatoms. The van der Waals surface area contributed by atoms with Gasteiger partial charge in [0.2, 0.25) is 0 Å². The topological polar surface area (TPSA) is 23.8 Å². The van der Waals surface area contributed by atoms with Gasteiger partial charge >= 0.3 is 0 Å². The van der Waals surface area contributed by atoms with Crippen LogP contribution in [0.15, 0.2) is 36.5 Å². The molecule has 0 atom stereocenters. The summed E-state index contributed by atoms with van der Waals surface area (Å²) in [5.41, 5.74) is 1.58. The van der Waals surface area contributed by atoms with Crippen molar-refractivity contribution in [3.63, 3.8) is 0 Å². The first-order valence-corrected chi connectivity index (χ1v) is 10.2. The Morgan fingerprint density at radius 2 is 1.62 bits per heavy atom. The van der Waals surface area contributed by atoms with Crippen LogP contribution in [0.2, 0.25) is 0 Å². The minimum absolute atomic E-state index is 0.696. The zero-order valence-electron chi connectivity index (χ0n) is 15.6. The smallest absolute Gasteiger partial charge is 0.0912 e. The van der Waals surface area contributed by atoms with Gasteiger partial charge in [0, 0.05) is 6.08 Å². The summed E-state index contributed by atoms with van der Waals surface area (Å²) in [4.78, 5) is 0. The van der Waals surface area contributed by atoms with Crippen molar-refractivity contribution in [3.8, 4) is 6.07 Å². The molecule has 0 saturated heterocycles. The maximum absolute atomic E-state index is 8.50. The normalized spacial score (nSPS) is 31.3. The lowest BCUT2D eigenvalue weighted by molar-refractivity contribution is 0.253. The van der Waals surface area contributed by atoms with Crippen LogP contribution < -0.4 is 0 Å². The van der Waals surface area contributed by atoms with Crippen molar-refractivity contribution in [2.75, 3.05) is 0 Å². The Morgan fingerprint density at radius 3 is 2.21 bits per heavy atom. The van der Waals surface area contributed by atoms with Crippen LogP contribution in [-0.4, -0.2) is 0 Å². The van der Waals surface area contributed by atoms with Gasteiger partial charge in [-0.25, -0.2) is 0 Å². The molecule has 0 heterocycles. The van der Waals surface area contributed by atoms with E-state index >= 15 is 0 Å². The third kappa shape index (κ3) is 5.97. The molecule has 0 aliphatic heterocycles. The van der Waals surface area contributed by atoms with Crippen LogP contribution in [0.4, 0.5) is 0 Å². The fraction of sp³-hybridized carbons (Fsp3) is 0.696. The largest absolute Gasteiger partial charge is 0.193 e. The van der Waals surface area contributed by atoms with Crippen molar-refractivity contribution < 1.29 is 0 Å². The average Bonchev–Trinajstić information content (AvgIpc) is 2.64. The van der Waals surface area contributed by atoms with Crippen LogP contribution in [0.1, 0.15) is 77.6 Å². The summed E-state index contributed by atoms with van der Waals surface area (Å²) in [5.74, 6) is 3.26. The molecular weight excluding hydrogens is 290 g/mol. The van der Waals surface area contributed by atoms with Gasteiger partial charge in [-0.1, -0.05) is 56.6 Å². The molecule has 0 aromatic heterocycles. The maximum atomic E-state index is 8.50. The van der Waals surface area contributed by atoms with Crippen molar-refractivity contribution in [2.45, 2.75) is 77.6 Å². The van der Waals surface area contributed by atoms with E-state index in [4.69, 9.17) is 5.26 Å². The van der Waals surface area contributed by atoms with Crippen LogP contribution in [0.3, 0.4) is 0 Å². The van der Waals surface area contributed by atoms with Crippen molar-refractivity contribution >= 4 is 0 Å². The van der Waals surface area contributed by atoms with E-state index in [0.29, 0.717) is 5.92 Å². The summed E-state index contributed by atoms with van der Waals surface area (Å²) in [5, 5.41) is 8.50. The van der Waals surface area contributed by atoms with E-state index in [1.54, 1.807) is 11.6 Å². The lowest BCUT2D eigenvalue weighted by atomic mass is 9.70.